The van der Waals surface area contributed by atoms with Crippen LogP contribution in [0.2, 0.25) is 0 Å². The van der Waals surface area contributed by atoms with E-state index >= 15 is 0 Å². The predicted octanol–water partition coefficient (Wildman–Crippen LogP) is 3.93. The SMILES string of the molecule is CC1CC(C)CN(Cc2csc(NC(=O)c3ccsc3)n2)C1. The van der Waals surface area contributed by atoms with E-state index in [4.69, 9.17) is 0 Å². The summed E-state index contributed by atoms with van der Waals surface area (Å²) in [5, 5.41) is 9.36. The van der Waals surface area contributed by atoms with Gasteiger partial charge in [-0.3, -0.25) is 15.0 Å². The highest BCUT2D eigenvalue weighted by Gasteiger charge is 2.22. The van der Waals surface area contributed by atoms with Crippen LogP contribution in [0.25, 0.3) is 0 Å². The molecule has 1 fully saturated rings. The van der Waals surface area contributed by atoms with Gasteiger partial charge in [0.2, 0.25) is 0 Å². The lowest BCUT2D eigenvalue weighted by molar-refractivity contribution is 0.102. The van der Waals surface area contributed by atoms with Gasteiger partial charge in [0.15, 0.2) is 5.13 Å². The summed E-state index contributed by atoms with van der Waals surface area (Å²) < 4.78 is 0. The molecule has 2 aromatic rings. The highest BCUT2D eigenvalue weighted by atomic mass is 32.1. The van der Waals surface area contributed by atoms with Gasteiger partial charge in [-0.15, -0.1) is 11.3 Å². The van der Waals surface area contributed by atoms with Crippen LogP contribution in [0.1, 0.15) is 36.3 Å². The van der Waals surface area contributed by atoms with Gasteiger partial charge in [-0.05, 0) is 29.7 Å². The highest BCUT2D eigenvalue weighted by Crippen LogP contribution is 2.24. The molecule has 118 valence electrons. The first-order chi connectivity index (χ1) is 10.6. The highest BCUT2D eigenvalue weighted by molar-refractivity contribution is 7.14. The van der Waals surface area contributed by atoms with Crippen molar-refractivity contribution in [1.82, 2.24) is 9.88 Å². The molecule has 4 nitrogen and oxygen atoms in total. The van der Waals surface area contributed by atoms with Crippen molar-refractivity contribution >= 4 is 33.7 Å². The number of thiophene rings is 1. The van der Waals surface area contributed by atoms with Crippen LogP contribution in [0.15, 0.2) is 22.2 Å². The number of piperidine rings is 1. The second-order valence-electron chi connectivity index (χ2n) is 6.25. The number of carbonyl (C=O) groups is 1. The quantitative estimate of drug-likeness (QED) is 0.920. The molecular weight excluding hydrogens is 314 g/mol. The van der Waals surface area contributed by atoms with E-state index in [-0.39, 0.29) is 5.91 Å². The van der Waals surface area contributed by atoms with Crippen LogP contribution < -0.4 is 5.32 Å². The van der Waals surface area contributed by atoms with Crippen LogP contribution in [0.3, 0.4) is 0 Å². The average Bonchev–Trinajstić information content (AvgIpc) is 3.09. The van der Waals surface area contributed by atoms with Crippen LogP contribution in [-0.2, 0) is 6.54 Å². The van der Waals surface area contributed by atoms with Gasteiger partial charge in [-0.1, -0.05) is 13.8 Å². The smallest absolute Gasteiger partial charge is 0.258 e. The van der Waals surface area contributed by atoms with E-state index in [0.29, 0.717) is 10.7 Å². The Morgan fingerprint density at radius 2 is 2.14 bits per heavy atom. The molecule has 1 aliphatic heterocycles. The Bertz CT molecular complexity index is 613. The van der Waals surface area contributed by atoms with E-state index in [1.54, 1.807) is 0 Å². The van der Waals surface area contributed by atoms with E-state index in [0.717, 1.165) is 37.2 Å². The Hall–Kier alpha value is -1.24. The average molecular weight is 335 g/mol. The second-order valence-corrected chi connectivity index (χ2v) is 7.89. The molecule has 0 radical (unpaired) electrons. The molecular formula is C16H21N3OS2. The molecule has 2 unspecified atom stereocenters. The zero-order valence-electron chi connectivity index (χ0n) is 12.9. The molecule has 6 heteroatoms. The third kappa shape index (κ3) is 3.94. The number of carbonyl (C=O) groups excluding carboxylic acids is 1. The third-order valence-electron chi connectivity index (χ3n) is 3.89. The standard InChI is InChI=1S/C16H21N3OS2/c1-11-5-12(2)7-19(6-11)8-14-10-22-16(17-14)18-15(20)13-3-4-21-9-13/h3-4,9-12H,5-8H2,1-2H3,(H,17,18,20). The Balaban J connectivity index is 1.58. The van der Waals surface area contributed by atoms with E-state index in [2.05, 4.69) is 29.0 Å². The van der Waals surface area contributed by atoms with E-state index < -0.39 is 0 Å². The van der Waals surface area contributed by atoms with Gasteiger partial charge in [-0.2, -0.15) is 11.3 Å². The zero-order valence-corrected chi connectivity index (χ0v) is 14.5. The van der Waals surface area contributed by atoms with Gasteiger partial charge < -0.3 is 0 Å². The summed E-state index contributed by atoms with van der Waals surface area (Å²) >= 11 is 3.02. The van der Waals surface area contributed by atoms with Crippen molar-refractivity contribution in [2.24, 2.45) is 11.8 Å². The van der Waals surface area contributed by atoms with Crippen molar-refractivity contribution in [3.63, 3.8) is 0 Å². The van der Waals surface area contributed by atoms with Gasteiger partial charge in [0.25, 0.3) is 5.91 Å². The Kier molecular flexibility index (Phi) is 4.90. The summed E-state index contributed by atoms with van der Waals surface area (Å²) in [4.78, 5) is 19.0. The minimum atomic E-state index is -0.0811. The minimum absolute atomic E-state index is 0.0811. The molecule has 1 saturated heterocycles. The lowest BCUT2D eigenvalue weighted by Crippen LogP contribution is -2.38. The molecule has 22 heavy (non-hydrogen) atoms. The molecule has 0 bridgehead atoms. The van der Waals surface area contributed by atoms with Crippen molar-refractivity contribution in [2.45, 2.75) is 26.8 Å². The summed E-state index contributed by atoms with van der Waals surface area (Å²) in [7, 11) is 0. The van der Waals surface area contributed by atoms with Gasteiger partial charge >= 0.3 is 0 Å². The van der Waals surface area contributed by atoms with Crippen molar-refractivity contribution in [2.75, 3.05) is 18.4 Å². The molecule has 3 heterocycles. The summed E-state index contributed by atoms with van der Waals surface area (Å²) in [6.45, 7) is 7.78. The number of nitrogens with zero attached hydrogens (tertiary/aromatic N) is 2. The number of amides is 1. The number of nitrogens with one attached hydrogen (secondary N) is 1. The zero-order chi connectivity index (χ0) is 15.5. The fourth-order valence-electron chi connectivity index (χ4n) is 3.15. The summed E-state index contributed by atoms with van der Waals surface area (Å²) in [5.74, 6) is 1.42. The Labute approximate surface area is 139 Å². The topological polar surface area (TPSA) is 45.2 Å². The van der Waals surface area contributed by atoms with Gasteiger partial charge in [-0.25, -0.2) is 4.98 Å². The first kappa shape index (κ1) is 15.6. The third-order valence-corrected chi connectivity index (χ3v) is 5.38. The Morgan fingerprint density at radius 3 is 2.82 bits per heavy atom. The maximum atomic E-state index is 12.0. The van der Waals surface area contributed by atoms with Gasteiger partial charge in [0.05, 0.1) is 11.3 Å². The summed E-state index contributed by atoms with van der Waals surface area (Å²) in [5.41, 5.74) is 1.74. The number of thiazole rings is 1. The first-order valence-corrected chi connectivity index (χ1v) is 9.42. The molecule has 1 N–H and O–H groups in total. The van der Waals surface area contributed by atoms with Crippen LogP contribution in [0, 0.1) is 11.8 Å². The van der Waals surface area contributed by atoms with Crippen LogP contribution in [0.4, 0.5) is 5.13 Å². The molecule has 3 rings (SSSR count). The normalized spacial score (nSPS) is 22.6. The number of hydrogen-bond acceptors (Lipinski definition) is 5. The number of aromatic nitrogens is 1. The van der Waals surface area contributed by atoms with Crippen LogP contribution in [0.5, 0.6) is 0 Å². The summed E-state index contributed by atoms with van der Waals surface area (Å²) in [6, 6.07) is 1.82. The maximum Gasteiger partial charge on any atom is 0.258 e. The van der Waals surface area contributed by atoms with Crippen molar-refractivity contribution in [3.05, 3.63) is 33.5 Å². The molecule has 1 aliphatic rings. The number of rotatable bonds is 4. The van der Waals surface area contributed by atoms with Gasteiger partial charge in [0, 0.05) is 30.4 Å². The minimum Gasteiger partial charge on any atom is -0.298 e. The fraction of sp³-hybridized carbons (Fsp3) is 0.500. The van der Waals surface area contributed by atoms with Crippen molar-refractivity contribution in [3.8, 4) is 0 Å². The lowest BCUT2D eigenvalue weighted by Gasteiger charge is -2.34. The Morgan fingerprint density at radius 1 is 1.36 bits per heavy atom. The molecule has 2 aromatic heterocycles. The van der Waals surface area contributed by atoms with Gasteiger partial charge in [0.1, 0.15) is 0 Å². The largest absolute Gasteiger partial charge is 0.298 e. The van der Waals surface area contributed by atoms with Crippen LogP contribution >= 0.6 is 22.7 Å². The lowest BCUT2D eigenvalue weighted by atomic mass is 9.92. The predicted molar refractivity (Wildman–Crippen MR) is 92.6 cm³/mol. The molecule has 0 aromatic carbocycles. The first-order valence-electron chi connectivity index (χ1n) is 7.60. The van der Waals surface area contributed by atoms with Crippen molar-refractivity contribution in [1.29, 1.82) is 0 Å². The number of likely N-dealkylation sites (tertiary alicyclic amines) is 1. The molecule has 0 saturated carbocycles. The number of hydrogen-bond donors (Lipinski definition) is 1. The molecule has 1 amide bonds. The number of anilines is 1. The monoisotopic (exact) mass is 335 g/mol. The van der Waals surface area contributed by atoms with E-state index in [1.165, 1.54) is 29.1 Å². The summed E-state index contributed by atoms with van der Waals surface area (Å²) in [6.07, 6.45) is 1.31. The maximum absolute atomic E-state index is 12.0. The second kappa shape index (κ2) is 6.89. The van der Waals surface area contributed by atoms with E-state index in [9.17, 15) is 4.79 Å². The molecule has 0 aliphatic carbocycles. The van der Waals surface area contributed by atoms with Crippen molar-refractivity contribution < 1.29 is 4.79 Å². The van der Waals surface area contributed by atoms with E-state index in [1.807, 2.05) is 22.2 Å². The fourth-order valence-corrected chi connectivity index (χ4v) is 4.48. The molecule has 0 spiro atoms. The molecule has 2 atom stereocenters. The van der Waals surface area contributed by atoms with Crippen LogP contribution in [-0.4, -0.2) is 28.9 Å².